The van der Waals surface area contributed by atoms with Gasteiger partial charge in [0.15, 0.2) is 0 Å². The first-order valence-electron chi connectivity index (χ1n) is 5.63. The highest BCUT2D eigenvalue weighted by atomic mass is 16.6. The van der Waals surface area contributed by atoms with E-state index in [0.29, 0.717) is 32.0 Å². The highest BCUT2D eigenvalue weighted by molar-refractivity contribution is 5.86. The van der Waals surface area contributed by atoms with Crippen molar-refractivity contribution in [2.45, 2.75) is 13.3 Å². The third-order valence-electron chi connectivity index (χ3n) is 1.86. The van der Waals surface area contributed by atoms with Crippen molar-refractivity contribution in [3.8, 4) is 0 Å². The summed E-state index contributed by atoms with van der Waals surface area (Å²) in [4.78, 5) is 21.7. The standard InChI is InChI=1S/C12H20O6/c1-10(2)12(14)18-9-8-17-7-6-16-5-4-11(13)15-3/h1,4-9H2,2-3H3. The fourth-order valence-electron chi connectivity index (χ4n) is 0.896. The van der Waals surface area contributed by atoms with Crippen molar-refractivity contribution in [2.24, 2.45) is 0 Å². The molecule has 0 aromatic rings. The summed E-state index contributed by atoms with van der Waals surface area (Å²) in [6.07, 6.45) is 0.229. The van der Waals surface area contributed by atoms with Gasteiger partial charge in [0, 0.05) is 5.57 Å². The van der Waals surface area contributed by atoms with Crippen molar-refractivity contribution < 1.29 is 28.5 Å². The predicted molar refractivity (Wildman–Crippen MR) is 64.0 cm³/mol. The molecule has 0 aromatic carbocycles. The van der Waals surface area contributed by atoms with E-state index in [1.165, 1.54) is 7.11 Å². The Labute approximate surface area is 107 Å². The Hall–Kier alpha value is -1.40. The summed E-state index contributed by atoms with van der Waals surface area (Å²) in [7, 11) is 1.33. The average Bonchev–Trinajstić information content (AvgIpc) is 2.35. The van der Waals surface area contributed by atoms with Gasteiger partial charge in [-0.05, 0) is 6.92 Å². The van der Waals surface area contributed by atoms with E-state index in [2.05, 4.69) is 11.3 Å². The van der Waals surface area contributed by atoms with Gasteiger partial charge in [0.25, 0.3) is 0 Å². The van der Waals surface area contributed by atoms with Crippen LogP contribution in [-0.2, 0) is 28.5 Å². The van der Waals surface area contributed by atoms with E-state index >= 15 is 0 Å². The zero-order valence-electron chi connectivity index (χ0n) is 10.9. The van der Waals surface area contributed by atoms with Crippen LogP contribution >= 0.6 is 0 Å². The Balaban J connectivity index is 3.19. The van der Waals surface area contributed by atoms with E-state index in [1.807, 2.05) is 0 Å². The summed E-state index contributed by atoms with van der Waals surface area (Å²) in [6.45, 7) is 6.59. The number of hydrogen-bond acceptors (Lipinski definition) is 6. The molecule has 0 saturated heterocycles. The number of hydrogen-bond donors (Lipinski definition) is 0. The van der Waals surface area contributed by atoms with Crippen LogP contribution in [0.2, 0.25) is 0 Å². The maximum absolute atomic E-state index is 11.0. The smallest absolute Gasteiger partial charge is 0.333 e. The molecule has 18 heavy (non-hydrogen) atoms. The third-order valence-corrected chi connectivity index (χ3v) is 1.86. The fraction of sp³-hybridized carbons (Fsp3) is 0.667. The number of esters is 2. The van der Waals surface area contributed by atoms with Crippen LogP contribution in [0.1, 0.15) is 13.3 Å². The molecule has 0 N–H and O–H groups in total. The Bertz CT molecular complexity index is 274. The summed E-state index contributed by atoms with van der Waals surface area (Å²) in [5.74, 6) is -0.726. The molecule has 0 aliphatic carbocycles. The van der Waals surface area contributed by atoms with Crippen LogP contribution in [-0.4, -0.2) is 52.1 Å². The van der Waals surface area contributed by atoms with Crippen LogP contribution in [0.15, 0.2) is 12.2 Å². The van der Waals surface area contributed by atoms with Gasteiger partial charge in [-0.2, -0.15) is 0 Å². The zero-order valence-corrected chi connectivity index (χ0v) is 10.9. The Morgan fingerprint density at radius 1 is 1.00 bits per heavy atom. The lowest BCUT2D eigenvalue weighted by Gasteiger charge is -2.06. The molecule has 0 saturated carbocycles. The van der Waals surface area contributed by atoms with Crippen LogP contribution in [0.25, 0.3) is 0 Å². The number of carbonyl (C=O) groups is 2. The summed E-state index contributed by atoms with van der Waals surface area (Å²) in [5.41, 5.74) is 0.362. The molecule has 6 nitrogen and oxygen atoms in total. The summed E-state index contributed by atoms with van der Waals surface area (Å²) < 4.78 is 19.5. The van der Waals surface area contributed by atoms with Gasteiger partial charge in [0.2, 0.25) is 0 Å². The molecular formula is C12H20O6. The SMILES string of the molecule is C=C(C)C(=O)OCCOCCOCCC(=O)OC. The Kier molecular flexibility index (Phi) is 9.90. The van der Waals surface area contributed by atoms with Gasteiger partial charge in [-0.25, -0.2) is 4.79 Å². The molecule has 0 spiro atoms. The normalized spacial score (nSPS) is 9.89. The van der Waals surface area contributed by atoms with Gasteiger partial charge >= 0.3 is 11.9 Å². The van der Waals surface area contributed by atoms with Crippen molar-refractivity contribution in [1.29, 1.82) is 0 Å². The van der Waals surface area contributed by atoms with E-state index < -0.39 is 5.97 Å². The fourth-order valence-corrected chi connectivity index (χ4v) is 0.896. The lowest BCUT2D eigenvalue weighted by molar-refractivity contribution is -0.141. The topological polar surface area (TPSA) is 71.1 Å². The second-order valence-corrected chi connectivity index (χ2v) is 3.47. The molecule has 6 heteroatoms. The average molecular weight is 260 g/mol. The molecule has 0 aliphatic rings. The van der Waals surface area contributed by atoms with Gasteiger partial charge in [0.05, 0.1) is 40.0 Å². The summed E-state index contributed by atoms with van der Waals surface area (Å²) >= 11 is 0. The van der Waals surface area contributed by atoms with Crippen molar-refractivity contribution in [3.05, 3.63) is 12.2 Å². The quantitative estimate of drug-likeness (QED) is 0.327. The predicted octanol–water partition coefficient (Wildman–Crippen LogP) is 0.702. The lowest BCUT2D eigenvalue weighted by atomic mass is 10.4. The van der Waals surface area contributed by atoms with Gasteiger partial charge in [-0.15, -0.1) is 0 Å². The van der Waals surface area contributed by atoms with E-state index in [-0.39, 0.29) is 19.0 Å². The first-order valence-corrected chi connectivity index (χ1v) is 5.63. The number of methoxy groups -OCH3 is 1. The summed E-state index contributed by atoms with van der Waals surface area (Å²) in [6, 6.07) is 0. The van der Waals surface area contributed by atoms with Crippen LogP contribution in [0, 0.1) is 0 Å². The minimum Gasteiger partial charge on any atom is -0.469 e. The number of rotatable bonds is 10. The van der Waals surface area contributed by atoms with Gasteiger partial charge < -0.3 is 18.9 Å². The molecular weight excluding hydrogens is 240 g/mol. The number of ether oxygens (including phenoxy) is 4. The van der Waals surface area contributed by atoms with E-state index in [0.717, 1.165) is 0 Å². The molecule has 0 rings (SSSR count). The van der Waals surface area contributed by atoms with Gasteiger partial charge in [-0.3, -0.25) is 4.79 Å². The molecule has 0 aromatic heterocycles. The van der Waals surface area contributed by atoms with Crippen molar-refractivity contribution in [1.82, 2.24) is 0 Å². The Morgan fingerprint density at radius 2 is 1.56 bits per heavy atom. The molecule has 0 bridgehead atoms. The molecule has 0 atom stereocenters. The molecule has 0 unspecified atom stereocenters. The molecule has 0 aliphatic heterocycles. The van der Waals surface area contributed by atoms with Crippen LogP contribution in [0.4, 0.5) is 0 Å². The molecule has 0 radical (unpaired) electrons. The second kappa shape index (κ2) is 10.7. The van der Waals surface area contributed by atoms with Crippen molar-refractivity contribution in [3.63, 3.8) is 0 Å². The lowest BCUT2D eigenvalue weighted by Crippen LogP contribution is -2.14. The maximum atomic E-state index is 11.0. The molecule has 0 fully saturated rings. The zero-order chi connectivity index (χ0) is 13.8. The van der Waals surface area contributed by atoms with Gasteiger partial charge in [0.1, 0.15) is 6.61 Å². The summed E-state index contributed by atoms with van der Waals surface area (Å²) in [5, 5.41) is 0. The number of carbonyl (C=O) groups excluding carboxylic acids is 2. The van der Waals surface area contributed by atoms with Crippen molar-refractivity contribution >= 4 is 11.9 Å². The maximum Gasteiger partial charge on any atom is 0.333 e. The van der Waals surface area contributed by atoms with E-state index in [4.69, 9.17) is 14.2 Å². The first kappa shape index (κ1) is 16.6. The minimum atomic E-state index is -0.423. The van der Waals surface area contributed by atoms with Gasteiger partial charge in [-0.1, -0.05) is 6.58 Å². The minimum absolute atomic E-state index is 0.188. The van der Waals surface area contributed by atoms with Crippen molar-refractivity contribution in [2.75, 3.05) is 40.1 Å². The second-order valence-electron chi connectivity index (χ2n) is 3.47. The van der Waals surface area contributed by atoms with Crippen LogP contribution in [0.5, 0.6) is 0 Å². The Morgan fingerprint density at radius 3 is 2.11 bits per heavy atom. The van der Waals surface area contributed by atoms with Crippen LogP contribution < -0.4 is 0 Å². The first-order chi connectivity index (χ1) is 8.57. The monoisotopic (exact) mass is 260 g/mol. The van der Waals surface area contributed by atoms with Crippen LogP contribution in [0.3, 0.4) is 0 Å². The van der Waals surface area contributed by atoms with E-state index in [1.54, 1.807) is 6.92 Å². The molecule has 0 heterocycles. The molecule has 0 amide bonds. The third kappa shape index (κ3) is 9.80. The van der Waals surface area contributed by atoms with E-state index in [9.17, 15) is 9.59 Å². The highest BCUT2D eigenvalue weighted by Crippen LogP contribution is 1.92. The molecule has 104 valence electrons. The highest BCUT2D eigenvalue weighted by Gasteiger charge is 2.02. The largest absolute Gasteiger partial charge is 0.469 e.